The Kier molecular flexibility index (Phi) is 3.58. The Labute approximate surface area is 98.8 Å². The summed E-state index contributed by atoms with van der Waals surface area (Å²) in [6.07, 6.45) is 1.27. The molecule has 5 heteroatoms. The van der Waals surface area contributed by atoms with Gasteiger partial charge in [-0.25, -0.2) is 4.39 Å². The first kappa shape index (κ1) is 11.9. The summed E-state index contributed by atoms with van der Waals surface area (Å²) in [5.74, 6) is -0.216. The third-order valence-corrected chi connectivity index (χ3v) is 2.89. The molecule has 0 saturated carbocycles. The van der Waals surface area contributed by atoms with Crippen LogP contribution in [0.25, 0.3) is 0 Å². The Morgan fingerprint density at radius 1 is 1.53 bits per heavy atom. The van der Waals surface area contributed by atoms with Gasteiger partial charge in [0.15, 0.2) is 0 Å². The molecule has 0 spiro atoms. The Bertz CT molecular complexity index is 413. The summed E-state index contributed by atoms with van der Waals surface area (Å²) in [4.78, 5) is 11.0. The van der Waals surface area contributed by atoms with Crippen LogP contribution in [0.15, 0.2) is 18.2 Å². The van der Waals surface area contributed by atoms with Gasteiger partial charge in [0.25, 0.3) is 0 Å². The zero-order valence-corrected chi connectivity index (χ0v) is 9.37. The van der Waals surface area contributed by atoms with Gasteiger partial charge < -0.3 is 15.7 Å². The van der Waals surface area contributed by atoms with Crippen LogP contribution in [-0.4, -0.2) is 23.6 Å². The molecule has 1 heterocycles. The van der Waals surface area contributed by atoms with Crippen molar-refractivity contribution in [1.29, 1.82) is 0 Å². The molecule has 1 aliphatic heterocycles. The number of aromatic hydroxyl groups is 1. The summed E-state index contributed by atoms with van der Waals surface area (Å²) < 4.78 is 13.0. The number of benzene rings is 1. The molecular formula is C12H15FN2O2. The first-order chi connectivity index (χ1) is 8.15. The van der Waals surface area contributed by atoms with E-state index in [-0.39, 0.29) is 23.5 Å². The minimum atomic E-state index is -0.364. The second-order valence-corrected chi connectivity index (χ2v) is 4.19. The lowest BCUT2D eigenvalue weighted by atomic mass is 10.1. The van der Waals surface area contributed by atoms with E-state index in [0.717, 1.165) is 6.42 Å². The first-order valence-electron chi connectivity index (χ1n) is 5.62. The molecule has 1 saturated heterocycles. The monoisotopic (exact) mass is 238 g/mol. The highest BCUT2D eigenvalue weighted by Crippen LogP contribution is 2.18. The molecular weight excluding hydrogens is 223 g/mol. The summed E-state index contributed by atoms with van der Waals surface area (Å²) in [6, 6.07) is 4.05. The Balaban J connectivity index is 1.89. The number of hydrogen-bond donors (Lipinski definition) is 3. The number of rotatable bonds is 3. The zero-order valence-electron chi connectivity index (χ0n) is 9.37. The van der Waals surface area contributed by atoms with E-state index in [4.69, 9.17) is 0 Å². The van der Waals surface area contributed by atoms with Gasteiger partial charge in [-0.2, -0.15) is 0 Å². The van der Waals surface area contributed by atoms with Gasteiger partial charge in [-0.05, 0) is 24.6 Å². The quantitative estimate of drug-likeness (QED) is 0.733. The summed E-state index contributed by atoms with van der Waals surface area (Å²) in [5.41, 5.74) is 0.530. The molecule has 0 aliphatic carbocycles. The van der Waals surface area contributed by atoms with Gasteiger partial charge in [0.1, 0.15) is 11.6 Å². The van der Waals surface area contributed by atoms with Crippen LogP contribution in [0, 0.1) is 5.82 Å². The van der Waals surface area contributed by atoms with E-state index in [2.05, 4.69) is 10.6 Å². The molecule has 92 valence electrons. The Morgan fingerprint density at radius 2 is 2.35 bits per heavy atom. The van der Waals surface area contributed by atoms with Crippen molar-refractivity contribution in [2.45, 2.75) is 25.4 Å². The van der Waals surface area contributed by atoms with Gasteiger partial charge in [-0.3, -0.25) is 4.79 Å². The predicted octanol–water partition coefficient (Wildman–Crippen LogP) is 0.899. The SMILES string of the molecule is O=C1CCC(NCc2cc(F)ccc2O)CN1. The van der Waals surface area contributed by atoms with Crippen LogP contribution in [0.4, 0.5) is 4.39 Å². The molecule has 4 nitrogen and oxygen atoms in total. The Hall–Kier alpha value is -1.62. The second-order valence-electron chi connectivity index (χ2n) is 4.19. The van der Waals surface area contributed by atoms with Gasteiger partial charge in [0, 0.05) is 31.1 Å². The summed E-state index contributed by atoms with van der Waals surface area (Å²) in [5, 5.41) is 15.5. The molecule has 1 unspecified atom stereocenters. The van der Waals surface area contributed by atoms with Gasteiger partial charge in [-0.1, -0.05) is 0 Å². The van der Waals surface area contributed by atoms with E-state index >= 15 is 0 Å². The van der Waals surface area contributed by atoms with Crippen molar-refractivity contribution in [2.75, 3.05) is 6.54 Å². The van der Waals surface area contributed by atoms with Crippen LogP contribution < -0.4 is 10.6 Å². The van der Waals surface area contributed by atoms with Crippen molar-refractivity contribution < 1.29 is 14.3 Å². The number of carbonyl (C=O) groups is 1. The molecule has 3 N–H and O–H groups in total. The standard InChI is InChI=1S/C12H15FN2O2/c13-9-1-3-11(16)8(5-9)6-14-10-2-4-12(17)15-7-10/h1,3,5,10,14,16H,2,4,6-7H2,(H,15,17). The number of phenolic OH excluding ortho intramolecular Hbond substituents is 1. The maximum atomic E-state index is 13.0. The van der Waals surface area contributed by atoms with E-state index in [1.54, 1.807) is 0 Å². The zero-order chi connectivity index (χ0) is 12.3. The second kappa shape index (κ2) is 5.14. The lowest BCUT2D eigenvalue weighted by Crippen LogP contribution is -2.45. The minimum Gasteiger partial charge on any atom is -0.508 e. The molecule has 1 fully saturated rings. The van der Waals surface area contributed by atoms with E-state index in [0.29, 0.717) is 25.1 Å². The molecule has 1 aliphatic rings. The molecule has 1 aromatic rings. The number of hydrogen-bond acceptors (Lipinski definition) is 3. The number of phenols is 1. The van der Waals surface area contributed by atoms with Gasteiger partial charge in [0.05, 0.1) is 0 Å². The number of halogens is 1. The minimum absolute atomic E-state index is 0.0663. The maximum Gasteiger partial charge on any atom is 0.220 e. The van der Waals surface area contributed by atoms with Crippen molar-refractivity contribution in [1.82, 2.24) is 10.6 Å². The number of piperidine rings is 1. The van der Waals surface area contributed by atoms with Crippen LogP contribution in [0.5, 0.6) is 5.75 Å². The molecule has 0 aromatic heterocycles. The smallest absolute Gasteiger partial charge is 0.220 e. The first-order valence-corrected chi connectivity index (χ1v) is 5.62. The molecule has 1 amide bonds. The molecule has 0 bridgehead atoms. The van der Waals surface area contributed by atoms with Crippen molar-refractivity contribution in [2.24, 2.45) is 0 Å². The van der Waals surface area contributed by atoms with E-state index in [9.17, 15) is 14.3 Å². The van der Waals surface area contributed by atoms with Crippen LogP contribution in [0.1, 0.15) is 18.4 Å². The van der Waals surface area contributed by atoms with Gasteiger partial charge >= 0.3 is 0 Å². The van der Waals surface area contributed by atoms with Crippen molar-refractivity contribution >= 4 is 5.91 Å². The molecule has 17 heavy (non-hydrogen) atoms. The van der Waals surface area contributed by atoms with Crippen LogP contribution >= 0.6 is 0 Å². The number of nitrogens with one attached hydrogen (secondary N) is 2. The average molecular weight is 238 g/mol. The highest BCUT2D eigenvalue weighted by molar-refractivity contribution is 5.76. The normalized spacial score (nSPS) is 20.1. The topological polar surface area (TPSA) is 61.4 Å². The summed E-state index contributed by atoms with van der Waals surface area (Å²) >= 11 is 0. The molecule has 0 radical (unpaired) electrons. The summed E-state index contributed by atoms with van der Waals surface area (Å²) in [6.45, 7) is 0.971. The fraction of sp³-hybridized carbons (Fsp3) is 0.417. The highest BCUT2D eigenvalue weighted by atomic mass is 19.1. The van der Waals surface area contributed by atoms with Crippen LogP contribution in [0.3, 0.4) is 0 Å². The van der Waals surface area contributed by atoms with E-state index in [1.165, 1.54) is 18.2 Å². The molecule has 2 rings (SSSR count). The third kappa shape index (κ3) is 3.17. The maximum absolute atomic E-state index is 13.0. The lowest BCUT2D eigenvalue weighted by Gasteiger charge is -2.23. The van der Waals surface area contributed by atoms with Gasteiger partial charge in [-0.15, -0.1) is 0 Å². The van der Waals surface area contributed by atoms with Crippen LogP contribution in [-0.2, 0) is 11.3 Å². The Morgan fingerprint density at radius 3 is 3.06 bits per heavy atom. The molecule has 1 aromatic carbocycles. The van der Waals surface area contributed by atoms with Crippen molar-refractivity contribution in [3.63, 3.8) is 0 Å². The van der Waals surface area contributed by atoms with Gasteiger partial charge in [0.2, 0.25) is 5.91 Å². The number of carbonyl (C=O) groups excluding carboxylic acids is 1. The summed E-state index contributed by atoms with van der Waals surface area (Å²) in [7, 11) is 0. The van der Waals surface area contributed by atoms with Crippen LogP contribution in [0.2, 0.25) is 0 Å². The largest absolute Gasteiger partial charge is 0.508 e. The number of amides is 1. The highest BCUT2D eigenvalue weighted by Gasteiger charge is 2.17. The lowest BCUT2D eigenvalue weighted by molar-refractivity contribution is -0.122. The van der Waals surface area contributed by atoms with Crippen molar-refractivity contribution in [3.8, 4) is 5.75 Å². The average Bonchev–Trinajstić information content (AvgIpc) is 2.32. The van der Waals surface area contributed by atoms with E-state index < -0.39 is 0 Å². The predicted molar refractivity (Wildman–Crippen MR) is 60.9 cm³/mol. The van der Waals surface area contributed by atoms with Crippen molar-refractivity contribution in [3.05, 3.63) is 29.6 Å². The third-order valence-electron chi connectivity index (χ3n) is 2.89. The van der Waals surface area contributed by atoms with E-state index in [1.807, 2.05) is 0 Å². The molecule has 1 atom stereocenters. The fourth-order valence-corrected chi connectivity index (χ4v) is 1.86. The fourth-order valence-electron chi connectivity index (χ4n) is 1.86.